The maximum absolute atomic E-state index is 11.2. The Labute approximate surface area is 122 Å². The van der Waals surface area contributed by atoms with Gasteiger partial charge in [0.05, 0.1) is 5.02 Å². The minimum atomic E-state index is -1.12. The van der Waals surface area contributed by atoms with Crippen LogP contribution < -0.4 is 9.64 Å². The van der Waals surface area contributed by atoms with E-state index in [1.165, 1.54) is 6.07 Å². The van der Waals surface area contributed by atoms with E-state index in [0.29, 0.717) is 5.75 Å². The fourth-order valence-electron chi connectivity index (χ4n) is 1.75. The summed E-state index contributed by atoms with van der Waals surface area (Å²) in [6.07, 6.45) is 0. The van der Waals surface area contributed by atoms with Crippen LogP contribution >= 0.6 is 11.6 Å². The van der Waals surface area contributed by atoms with Gasteiger partial charge < -0.3 is 14.7 Å². The van der Waals surface area contributed by atoms with Crippen LogP contribution in [0.3, 0.4) is 0 Å². The molecule has 0 aliphatic carbocycles. The number of carbonyl (C=O) groups is 1. The number of halogens is 1. The fraction of sp³-hybridized carbons (Fsp3) is 0.133. The summed E-state index contributed by atoms with van der Waals surface area (Å²) in [5, 5.41) is 9.35. The molecule has 4 nitrogen and oxygen atoms in total. The molecule has 0 fully saturated rings. The normalized spacial score (nSPS) is 10.2. The highest BCUT2D eigenvalue weighted by molar-refractivity contribution is 6.33. The Morgan fingerprint density at radius 2 is 1.90 bits per heavy atom. The molecular weight excluding hydrogens is 278 g/mol. The molecule has 104 valence electrons. The molecule has 0 spiro atoms. The van der Waals surface area contributed by atoms with Crippen molar-refractivity contribution >= 4 is 23.3 Å². The SMILES string of the molecule is CN(C)c1cccc(Oc2cccc(Cl)c2C(=O)O)c1. The summed E-state index contributed by atoms with van der Waals surface area (Å²) in [6, 6.07) is 12.1. The fourth-order valence-corrected chi connectivity index (χ4v) is 2.00. The maximum atomic E-state index is 11.2. The van der Waals surface area contributed by atoms with Gasteiger partial charge in [-0.3, -0.25) is 0 Å². The van der Waals surface area contributed by atoms with Crippen molar-refractivity contribution in [1.29, 1.82) is 0 Å². The topological polar surface area (TPSA) is 49.8 Å². The number of ether oxygens (including phenoxy) is 1. The van der Waals surface area contributed by atoms with Gasteiger partial charge in [-0.05, 0) is 24.3 Å². The molecule has 5 heteroatoms. The van der Waals surface area contributed by atoms with Crippen molar-refractivity contribution in [3.8, 4) is 11.5 Å². The Hall–Kier alpha value is -2.20. The predicted molar refractivity (Wildman–Crippen MR) is 79.3 cm³/mol. The van der Waals surface area contributed by atoms with Crippen molar-refractivity contribution in [2.24, 2.45) is 0 Å². The van der Waals surface area contributed by atoms with Crippen molar-refractivity contribution in [2.75, 3.05) is 19.0 Å². The van der Waals surface area contributed by atoms with Crippen LogP contribution in [-0.2, 0) is 0 Å². The number of carboxylic acid groups (broad SMARTS) is 1. The number of benzene rings is 2. The molecule has 0 aliphatic heterocycles. The van der Waals surface area contributed by atoms with Gasteiger partial charge in [0.2, 0.25) is 0 Å². The van der Waals surface area contributed by atoms with Gasteiger partial charge in [0.1, 0.15) is 17.1 Å². The molecule has 0 heterocycles. The zero-order chi connectivity index (χ0) is 14.7. The van der Waals surface area contributed by atoms with Gasteiger partial charge in [-0.25, -0.2) is 4.79 Å². The number of aromatic carboxylic acids is 1. The van der Waals surface area contributed by atoms with Gasteiger partial charge in [-0.1, -0.05) is 23.7 Å². The van der Waals surface area contributed by atoms with Gasteiger partial charge >= 0.3 is 5.97 Å². The molecule has 20 heavy (non-hydrogen) atoms. The Bertz CT molecular complexity index is 641. The minimum absolute atomic E-state index is 0.0376. The van der Waals surface area contributed by atoms with Gasteiger partial charge in [0.25, 0.3) is 0 Å². The highest BCUT2D eigenvalue weighted by Gasteiger charge is 2.16. The zero-order valence-corrected chi connectivity index (χ0v) is 11.9. The molecule has 2 rings (SSSR count). The van der Waals surface area contributed by atoms with Crippen LogP contribution in [-0.4, -0.2) is 25.2 Å². The summed E-state index contributed by atoms with van der Waals surface area (Å²) in [7, 11) is 3.84. The summed E-state index contributed by atoms with van der Waals surface area (Å²) >= 11 is 5.90. The second-order valence-electron chi connectivity index (χ2n) is 4.41. The van der Waals surface area contributed by atoms with Crippen LogP contribution in [0, 0.1) is 0 Å². The third-order valence-electron chi connectivity index (χ3n) is 2.75. The molecule has 0 unspecified atom stereocenters. The molecule has 0 aliphatic rings. The number of rotatable bonds is 4. The molecule has 2 aromatic carbocycles. The molecule has 1 N–H and O–H groups in total. The number of carboxylic acids is 1. The van der Waals surface area contributed by atoms with Gasteiger partial charge in [0.15, 0.2) is 0 Å². The van der Waals surface area contributed by atoms with Crippen LogP contribution in [0.15, 0.2) is 42.5 Å². The van der Waals surface area contributed by atoms with Crippen LogP contribution in [0.25, 0.3) is 0 Å². The minimum Gasteiger partial charge on any atom is -0.478 e. The van der Waals surface area contributed by atoms with E-state index < -0.39 is 5.97 Å². The van der Waals surface area contributed by atoms with Gasteiger partial charge in [-0.15, -0.1) is 0 Å². The monoisotopic (exact) mass is 291 g/mol. The van der Waals surface area contributed by atoms with Gasteiger partial charge in [0, 0.05) is 25.8 Å². The summed E-state index contributed by atoms with van der Waals surface area (Å²) in [6.45, 7) is 0. The molecule has 0 bridgehead atoms. The molecule has 0 saturated carbocycles. The highest BCUT2D eigenvalue weighted by Crippen LogP contribution is 2.31. The number of hydrogen-bond donors (Lipinski definition) is 1. The molecular formula is C15H14ClNO3. The molecule has 0 amide bonds. The molecule has 0 saturated heterocycles. The van der Waals surface area contributed by atoms with Crippen molar-refractivity contribution in [3.05, 3.63) is 53.1 Å². The molecule has 0 radical (unpaired) electrons. The quantitative estimate of drug-likeness (QED) is 0.928. The summed E-state index contributed by atoms with van der Waals surface area (Å²) < 4.78 is 5.65. The Morgan fingerprint density at radius 1 is 1.20 bits per heavy atom. The van der Waals surface area contributed by atoms with E-state index in [9.17, 15) is 9.90 Å². The van der Waals surface area contributed by atoms with E-state index in [0.717, 1.165) is 5.69 Å². The van der Waals surface area contributed by atoms with E-state index >= 15 is 0 Å². The Kier molecular flexibility index (Phi) is 4.15. The van der Waals surface area contributed by atoms with Crippen LogP contribution in [0.5, 0.6) is 11.5 Å². The highest BCUT2D eigenvalue weighted by atomic mass is 35.5. The van der Waals surface area contributed by atoms with Crippen molar-refractivity contribution < 1.29 is 14.6 Å². The Morgan fingerprint density at radius 3 is 2.55 bits per heavy atom. The number of anilines is 1. The third-order valence-corrected chi connectivity index (χ3v) is 3.07. The van der Waals surface area contributed by atoms with Crippen LogP contribution in [0.4, 0.5) is 5.69 Å². The van der Waals surface area contributed by atoms with Crippen LogP contribution in [0.2, 0.25) is 5.02 Å². The lowest BCUT2D eigenvalue weighted by atomic mass is 10.2. The first-order valence-electron chi connectivity index (χ1n) is 5.96. The van der Waals surface area contributed by atoms with Crippen molar-refractivity contribution in [1.82, 2.24) is 0 Å². The average Bonchev–Trinajstić information content (AvgIpc) is 2.38. The van der Waals surface area contributed by atoms with Crippen LogP contribution in [0.1, 0.15) is 10.4 Å². The van der Waals surface area contributed by atoms with E-state index in [2.05, 4.69) is 0 Å². The number of hydrogen-bond acceptors (Lipinski definition) is 3. The lowest BCUT2D eigenvalue weighted by molar-refractivity contribution is 0.0694. The lowest BCUT2D eigenvalue weighted by Crippen LogP contribution is -2.08. The van der Waals surface area contributed by atoms with E-state index in [4.69, 9.17) is 16.3 Å². The van der Waals surface area contributed by atoms with Crippen molar-refractivity contribution in [3.63, 3.8) is 0 Å². The van der Waals surface area contributed by atoms with Crippen molar-refractivity contribution in [2.45, 2.75) is 0 Å². The maximum Gasteiger partial charge on any atom is 0.341 e. The first-order valence-corrected chi connectivity index (χ1v) is 6.34. The van der Waals surface area contributed by atoms with Gasteiger partial charge in [-0.2, -0.15) is 0 Å². The largest absolute Gasteiger partial charge is 0.478 e. The second-order valence-corrected chi connectivity index (χ2v) is 4.82. The molecule has 0 atom stereocenters. The molecule has 0 aromatic heterocycles. The standard InChI is InChI=1S/C15H14ClNO3/c1-17(2)10-5-3-6-11(9-10)20-13-8-4-7-12(16)14(13)15(18)19/h3-9H,1-2H3,(H,18,19). The lowest BCUT2D eigenvalue weighted by Gasteiger charge is -2.15. The average molecular weight is 292 g/mol. The zero-order valence-electron chi connectivity index (χ0n) is 11.1. The number of nitrogens with zero attached hydrogens (tertiary/aromatic N) is 1. The summed E-state index contributed by atoms with van der Waals surface area (Å²) in [5.41, 5.74) is 0.922. The van der Waals surface area contributed by atoms with E-state index in [1.807, 2.05) is 37.2 Å². The summed E-state index contributed by atoms with van der Waals surface area (Å²) in [5.74, 6) is -0.337. The molecule has 2 aromatic rings. The van der Waals surface area contributed by atoms with E-state index in [1.54, 1.807) is 18.2 Å². The van der Waals surface area contributed by atoms with E-state index in [-0.39, 0.29) is 16.3 Å². The first kappa shape index (κ1) is 14.2. The third kappa shape index (κ3) is 3.03. The summed E-state index contributed by atoms with van der Waals surface area (Å²) in [4.78, 5) is 13.2. The smallest absolute Gasteiger partial charge is 0.341 e. The second kappa shape index (κ2) is 5.84. The predicted octanol–water partition coefficient (Wildman–Crippen LogP) is 3.90. The first-order chi connectivity index (χ1) is 9.49. The Balaban J connectivity index is 2.38.